The van der Waals surface area contributed by atoms with Gasteiger partial charge < -0.3 is 18.9 Å². The quantitative estimate of drug-likeness (QED) is 0.215. The Morgan fingerprint density at radius 1 is 1.27 bits per heavy atom. The summed E-state index contributed by atoms with van der Waals surface area (Å²) >= 11 is 4.83. The van der Waals surface area contributed by atoms with E-state index in [2.05, 4.69) is 26.6 Å². The Labute approximate surface area is 245 Å². The van der Waals surface area contributed by atoms with Crippen LogP contribution in [0, 0.1) is 23.1 Å². The molecule has 3 aliphatic rings. The molecule has 1 aliphatic carbocycles. The van der Waals surface area contributed by atoms with Crippen molar-refractivity contribution in [2.24, 2.45) is 5.92 Å². The predicted molar refractivity (Wildman–Crippen MR) is 155 cm³/mol. The molecule has 4 heterocycles. The number of hydrogen-bond acceptors (Lipinski definition) is 7. The van der Waals surface area contributed by atoms with Crippen molar-refractivity contribution in [1.82, 2.24) is 14.5 Å². The van der Waals surface area contributed by atoms with Crippen molar-refractivity contribution >= 4 is 61.6 Å². The number of thioether (sulfide) groups is 1. The third-order valence-electron chi connectivity index (χ3n) is 7.76. The molecule has 2 saturated heterocycles. The first-order valence-electron chi connectivity index (χ1n) is 13.3. The molecular formula is C29H32BrFN4O4S. The van der Waals surface area contributed by atoms with E-state index in [4.69, 9.17) is 14.5 Å². The van der Waals surface area contributed by atoms with Gasteiger partial charge in [-0.25, -0.2) is 14.2 Å². The first-order chi connectivity index (χ1) is 19.0. The SMILES string of the molecule is COC(=O)CCc1cc2c(SC)nc3c(F)c(Br)c(CCC#N)cc3c2n1[C@@H]1C2C[C@@H]1CN2C(=O)OC(C)(C)C. The van der Waals surface area contributed by atoms with Crippen LogP contribution in [0.5, 0.6) is 0 Å². The molecule has 0 spiro atoms. The van der Waals surface area contributed by atoms with Crippen LogP contribution in [-0.2, 0) is 27.1 Å². The number of pyridine rings is 1. The highest BCUT2D eigenvalue weighted by molar-refractivity contribution is 9.10. The highest BCUT2D eigenvalue weighted by Crippen LogP contribution is 2.53. The number of aromatic nitrogens is 2. The lowest BCUT2D eigenvalue weighted by Gasteiger charge is -2.39. The Balaban J connectivity index is 1.72. The molecule has 0 N–H and O–H groups in total. The summed E-state index contributed by atoms with van der Waals surface area (Å²) in [5.41, 5.74) is 2.09. The standard InChI is InChI=1S/C29H32BrFN4O4S/c1-29(2,3)39-28(37)34-14-16-12-20(34)25(16)35-17(8-9-21(36)38-4)13-19-26(35)18-11-15(7-6-10-32)22(30)23(31)24(18)33-27(19)40-5/h11,13,16,20,25H,6-9,12,14H2,1-5H3/t16-,20?,25+/m1/s1. The van der Waals surface area contributed by atoms with E-state index in [0.29, 0.717) is 39.8 Å². The number of ether oxygens (including phenoxy) is 2. The van der Waals surface area contributed by atoms with Gasteiger partial charge in [-0.3, -0.25) is 4.79 Å². The predicted octanol–water partition coefficient (Wildman–Crippen LogP) is 6.56. The van der Waals surface area contributed by atoms with E-state index in [1.807, 2.05) is 44.1 Å². The van der Waals surface area contributed by atoms with E-state index >= 15 is 4.39 Å². The first-order valence-corrected chi connectivity index (χ1v) is 15.3. The number of rotatable bonds is 7. The molecule has 1 unspecified atom stereocenters. The lowest BCUT2D eigenvalue weighted by Crippen LogP contribution is -2.44. The van der Waals surface area contributed by atoms with Crippen LogP contribution < -0.4 is 0 Å². The number of esters is 1. The van der Waals surface area contributed by atoms with Crippen molar-refractivity contribution in [1.29, 1.82) is 5.26 Å². The lowest BCUT2D eigenvalue weighted by atomic mass is 9.79. The number of fused-ring (bicyclic) bond motifs is 4. The maximum Gasteiger partial charge on any atom is 0.410 e. The Hall–Kier alpha value is -2.84. The minimum absolute atomic E-state index is 0.0489. The number of nitrogens with zero attached hydrogens (tertiary/aromatic N) is 4. The van der Waals surface area contributed by atoms with E-state index in [1.54, 1.807) is 0 Å². The van der Waals surface area contributed by atoms with E-state index in [-0.39, 0.29) is 48.4 Å². The highest BCUT2D eigenvalue weighted by Gasteiger charge is 2.56. The van der Waals surface area contributed by atoms with Gasteiger partial charge in [0.15, 0.2) is 5.82 Å². The topological polar surface area (TPSA) is 97.5 Å². The Kier molecular flexibility index (Phi) is 7.79. The molecule has 1 saturated carbocycles. The van der Waals surface area contributed by atoms with E-state index < -0.39 is 11.4 Å². The third-order valence-corrected chi connectivity index (χ3v) is 9.32. The zero-order valence-corrected chi connectivity index (χ0v) is 25.6. The van der Waals surface area contributed by atoms with Gasteiger partial charge in [-0.2, -0.15) is 5.26 Å². The van der Waals surface area contributed by atoms with Crippen LogP contribution in [0.3, 0.4) is 0 Å². The van der Waals surface area contributed by atoms with Crippen LogP contribution in [0.4, 0.5) is 9.18 Å². The van der Waals surface area contributed by atoms with Gasteiger partial charge in [0.05, 0.1) is 41.7 Å². The van der Waals surface area contributed by atoms with Crippen molar-refractivity contribution in [3.8, 4) is 6.07 Å². The molecule has 3 fully saturated rings. The van der Waals surface area contributed by atoms with Gasteiger partial charge in [0.2, 0.25) is 0 Å². The van der Waals surface area contributed by atoms with Crippen LogP contribution in [0.1, 0.15) is 57.3 Å². The molecule has 8 nitrogen and oxygen atoms in total. The van der Waals surface area contributed by atoms with Gasteiger partial charge in [0.25, 0.3) is 0 Å². The number of benzene rings is 1. The van der Waals surface area contributed by atoms with Crippen LogP contribution in [0.2, 0.25) is 0 Å². The van der Waals surface area contributed by atoms with Gasteiger partial charge in [-0.15, -0.1) is 11.8 Å². The number of carbonyl (C=O) groups is 2. The van der Waals surface area contributed by atoms with Crippen LogP contribution >= 0.6 is 27.7 Å². The third kappa shape index (κ3) is 4.94. The summed E-state index contributed by atoms with van der Waals surface area (Å²) in [6.45, 7) is 6.14. The molecule has 2 aromatic heterocycles. The fraction of sp³-hybridized carbons (Fsp3) is 0.517. The van der Waals surface area contributed by atoms with Crippen LogP contribution in [0.15, 0.2) is 21.6 Å². The highest BCUT2D eigenvalue weighted by atomic mass is 79.9. The molecule has 212 valence electrons. The number of nitriles is 1. The van der Waals surface area contributed by atoms with Gasteiger partial charge in [-0.05, 0) is 79.9 Å². The second-order valence-corrected chi connectivity index (χ2v) is 13.0. The number of methoxy groups -OCH3 is 1. The summed E-state index contributed by atoms with van der Waals surface area (Å²) < 4.78 is 29.0. The Morgan fingerprint density at radius 3 is 2.67 bits per heavy atom. The fourth-order valence-corrected chi connectivity index (χ4v) is 7.09. The van der Waals surface area contributed by atoms with Gasteiger partial charge in [0.1, 0.15) is 16.1 Å². The van der Waals surface area contributed by atoms with E-state index in [9.17, 15) is 14.9 Å². The smallest absolute Gasteiger partial charge is 0.410 e. The van der Waals surface area contributed by atoms with E-state index in [1.165, 1.54) is 18.9 Å². The van der Waals surface area contributed by atoms with Crippen molar-refractivity contribution < 1.29 is 23.5 Å². The molecule has 6 rings (SSSR count). The number of amides is 1. The van der Waals surface area contributed by atoms with E-state index in [0.717, 1.165) is 23.0 Å². The summed E-state index contributed by atoms with van der Waals surface area (Å²) in [7, 11) is 1.37. The average molecular weight is 632 g/mol. The Morgan fingerprint density at radius 2 is 2.02 bits per heavy atom. The summed E-state index contributed by atoms with van der Waals surface area (Å²) in [5, 5.41) is 11.4. The maximum absolute atomic E-state index is 15.8. The summed E-state index contributed by atoms with van der Waals surface area (Å²) in [6, 6.07) is 5.98. The van der Waals surface area contributed by atoms with Crippen molar-refractivity contribution in [3.05, 3.63) is 33.7 Å². The van der Waals surface area contributed by atoms with Gasteiger partial charge >= 0.3 is 12.1 Å². The molecule has 2 bridgehead atoms. The van der Waals surface area contributed by atoms with Crippen molar-refractivity contribution in [3.63, 3.8) is 0 Å². The number of hydrogen-bond donors (Lipinski definition) is 0. The first kappa shape index (κ1) is 28.7. The molecule has 1 amide bonds. The number of halogens is 2. The lowest BCUT2D eigenvalue weighted by molar-refractivity contribution is -0.140. The normalized spacial score (nSPS) is 20.1. The largest absolute Gasteiger partial charge is 0.469 e. The number of aryl methyl sites for hydroxylation is 2. The molecule has 2 aliphatic heterocycles. The maximum atomic E-state index is 15.8. The molecule has 3 atom stereocenters. The van der Waals surface area contributed by atoms with Crippen LogP contribution in [0.25, 0.3) is 21.8 Å². The summed E-state index contributed by atoms with van der Waals surface area (Å²) in [5.74, 6) is -0.576. The second kappa shape index (κ2) is 10.9. The zero-order valence-electron chi connectivity index (χ0n) is 23.2. The second-order valence-electron chi connectivity index (χ2n) is 11.4. The molecule has 0 radical (unpaired) electrons. The minimum Gasteiger partial charge on any atom is -0.469 e. The monoisotopic (exact) mass is 630 g/mol. The molecule has 11 heteroatoms. The molecule has 1 aromatic carbocycles. The molecule has 40 heavy (non-hydrogen) atoms. The van der Waals surface area contributed by atoms with Gasteiger partial charge in [0, 0.05) is 35.3 Å². The zero-order chi connectivity index (χ0) is 28.9. The van der Waals surface area contributed by atoms with Gasteiger partial charge in [-0.1, -0.05) is 0 Å². The Bertz CT molecular complexity index is 1560. The van der Waals surface area contributed by atoms with Crippen LogP contribution in [-0.4, -0.2) is 58.1 Å². The molecular weight excluding hydrogens is 599 g/mol. The fourth-order valence-electron chi connectivity index (χ4n) is 6.03. The van der Waals surface area contributed by atoms with Crippen molar-refractivity contribution in [2.75, 3.05) is 19.9 Å². The number of carbonyl (C=O) groups excluding carboxylic acids is 2. The molecule has 3 aromatic rings. The summed E-state index contributed by atoms with van der Waals surface area (Å²) in [6.07, 6.45) is 3.70. The summed E-state index contributed by atoms with van der Waals surface area (Å²) in [4.78, 5) is 31.8. The average Bonchev–Trinajstić information content (AvgIpc) is 3.60. The minimum atomic E-state index is -0.606. The van der Waals surface area contributed by atoms with Crippen molar-refractivity contribution in [2.45, 2.75) is 75.6 Å².